The van der Waals surface area contributed by atoms with Crippen LogP contribution in [0.15, 0.2) is 24.4 Å². The van der Waals surface area contributed by atoms with E-state index in [-0.39, 0.29) is 18.3 Å². The minimum atomic E-state index is -0.288. The summed E-state index contributed by atoms with van der Waals surface area (Å²) in [6.07, 6.45) is 4.05. The summed E-state index contributed by atoms with van der Waals surface area (Å²) in [6, 6.07) is 5.65. The van der Waals surface area contributed by atoms with Crippen LogP contribution >= 0.6 is 12.4 Å². The van der Waals surface area contributed by atoms with Crippen molar-refractivity contribution in [3.05, 3.63) is 35.8 Å². The van der Waals surface area contributed by atoms with Crippen molar-refractivity contribution < 1.29 is 9.53 Å². The topological polar surface area (TPSA) is 81.1 Å². The quantitative estimate of drug-likeness (QED) is 0.882. The monoisotopic (exact) mass is 351 g/mol. The Balaban J connectivity index is 0.00000208. The predicted octanol–water partition coefficient (Wildman–Crippen LogP) is 2.19. The molecule has 1 fully saturated rings. The highest BCUT2D eigenvalue weighted by Gasteiger charge is 2.18. The Kier molecular flexibility index (Phi) is 6.16. The number of rotatable bonds is 4. The lowest BCUT2D eigenvalue weighted by atomic mass is 10.1. The number of nitrogens with one attached hydrogen (secondary N) is 2. The molecule has 1 aliphatic rings. The number of aryl methyl sites for hydroxylation is 1. The molecule has 1 amide bonds. The Morgan fingerprint density at radius 2 is 2.25 bits per heavy atom. The molecule has 2 aromatic rings. The number of aromatic nitrogens is 3. The van der Waals surface area contributed by atoms with Crippen LogP contribution in [-0.4, -0.2) is 40.9 Å². The molecule has 3 heterocycles. The van der Waals surface area contributed by atoms with E-state index in [2.05, 4.69) is 20.7 Å². The van der Waals surface area contributed by atoms with Gasteiger partial charge in [0.15, 0.2) is 17.3 Å². The highest BCUT2D eigenvalue weighted by atomic mass is 35.5. The number of nitrogens with zero attached hydrogens (tertiary/aromatic N) is 3. The third-order valence-electron chi connectivity index (χ3n) is 3.94. The van der Waals surface area contributed by atoms with Crippen LogP contribution in [0.1, 0.15) is 35.1 Å². The van der Waals surface area contributed by atoms with Crippen molar-refractivity contribution in [2.45, 2.75) is 25.8 Å². The van der Waals surface area contributed by atoms with E-state index in [1.807, 2.05) is 23.9 Å². The van der Waals surface area contributed by atoms with E-state index in [9.17, 15) is 4.79 Å². The number of ether oxygens (including phenoxy) is 1. The standard InChI is InChI=1S/C16H21N5O2.ClH/c1-11-5-6-14(23-2)15(18-11)19-16(22)13-7-9-21(20-13)12-4-3-8-17-10-12;/h5-7,9,12,17H,3-4,8,10H2,1-2H3,(H,18,19,22);1H. The van der Waals surface area contributed by atoms with Crippen molar-refractivity contribution in [2.75, 3.05) is 25.5 Å². The molecule has 2 N–H and O–H groups in total. The van der Waals surface area contributed by atoms with Crippen LogP contribution in [0.2, 0.25) is 0 Å². The first-order chi connectivity index (χ1) is 11.2. The largest absolute Gasteiger partial charge is 0.493 e. The Morgan fingerprint density at radius 1 is 1.42 bits per heavy atom. The maximum Gasteiger partial charge on any atom is 0.277 e. The molecule has 0 spiro atoms. The number of amides is 1. The first-order valence-corrected chi connectivity index (χ1v) is 7.76. The number of carbonyl (C=O) groups is 1. The molecule has 3 rings (SSSR count). The van der Waals surface area contributed by atoms with Gasteiger partial charge in [0.25, 0.3) is 5.91 Å². The lowest BCUT2D eigenvalue weighted by Crippen LogP contribution is -2.32. The van der Waals surface area contributed by atoms with Crippen molar-refractivity contribution in [1.29, 1.82) is 0 Å². The zero-order valence-corrected chi connectivity index (χ0v) is 14.6. The lowest BCUT2D eigenvalue weighted by Gasteiger charge is -2.22. The van der Waals surface area contributed by atoms with Crippen LogP contribution < -0.4 is 15.4 Å². The van der Waals surface area contributed by atoms with Crippen LogP contribution in [0.3, 0.4) is 0 Å². The van der Waals surface area contributed by atoms with Crippen molar-refractivity contribution in [1.82, 2.24) is 20.1 Å². The minimum Gasteiger partial charge on any atom is -0.493 e. The first-order valence-electron chi connectivity index (χ1n) is 7.76. The van der Waals surface area contributed by atoms with Crippen molar-refractivity contribution in [2.24, 2.45) is 0 Å². The van der Waals surface area contributed by atoms with Gasteiger partial charge in [-0.1, -0.05) is 0 Å². The predicted molar refractivity (Wildman–Crippen MR) is 94.1 cm³/mol. The fourth-order valence-electron chi connectivity index (χ4n) is 2.69. The van der Waals surface area contributed by atoms with E-state index >= 15 is 0 Å². The van der Waals surface area contributed by atoms with Crippen LogP contribution in [0.25, 0.3) is 0 Å². The molecule has 0 bridgehead atoms. The van der Waals surface area contributed by atoms with Gasteiger partial charge in [-0.25, -0.2) is 4.98 Å². The molecule has 8 heteroatoms. The Hall–Kier alpha value is -2.12. The number of carbonyl (C=O) groups excluding carboxylic acids is 1. The second-order valence-electron chi connectivity index (χ2n) is 5.64. The molecule has 24 heavy (non-hydrogen) atoms. The van der Waals surface area contributed by atoms with Crippen molar-refractivity contribution in [3.63, 3.8) is 0 Å². The normalized spacial score (nSPS) is 17.0. The number of piperidine rings is 1. The van der Waals surface area contributed by atoms with E-state index in [1.165, 1.54) is 0 Å². The summed E-state index contributed by atoms with van der Waals surface area (Å²) in [5.74, 6) is 0.648. The van der Waals surface area contributed by atoms with E-state index in [4.69, 9.17) is 4.74 Å². The Bertz CT molecular complexity index is 698. The summed E-state index contributed by atoms with van der Waals surface area (Å²) in [6.45, 7) is 3.79. The number of halogens is 1. The van der Waals surface area contributed by atoms with Gasteiger partial charge in [0.1, 0.15) is 0 Å². The molecule has 130 valence electrons. The van der Waals surface area contributed by atoms with E-state index in [0.29, 0.717) is 23.3 Å². The van der Waals surface area contributed by atoms with Gasteiger partial charge in [-0.2, -0.15) is 5.10 Å². The molecule has 2 aromatic heterocycles. The fourth-order valence-corrected chi connectivity index (χ4v) is 2.69. The van der Waals surface area contributed by atoms with Gasteiger partial charge >= 0.3 is 0 Å². The molecule has 0 radical (unpaired) electrons. The molecule has 1 unspecified atom stereocenters. The van der Waals surface area contributed by atoms with Gasteiger partial charge in [0.05, 0.1) is 13.2 Å². The van der Waals surface area contributed by atoms with Crippen LogP contribution in [0, 0.1) is 6.92 Å². The second kappa shape index (κ2) is 8.12. The van der Waals surface area contributed by atoms with Gasteiger partial charge in [0.2, 0.25) is 0 Å². The summed E-state index contributed by atoms with van der Waals surface area (Å²) in [5.41, 5.74) is 1.18. The minimum absolute atomic E-state index is 0. The summed E-state index contributed by atoms with van der Waals surface area (Å²) in [7, 11) is 1.55. The molecule has 0 aromatic carbocycles. The maximum absolute atomic E-state index is 12.4. The van der Waals surface area contributed by atoms with Crippen molar-refractivity contribution >= 4 is 24.1 Å². The third kappa shape index (κ3) is 4.04. The molecule has 1 atom stereocenters. The van der Waals surface area contributed by atoms with Gasteiger partial charge in [-0.05, 0) is 44.5 Å². The number of methoxy groups -OCH3 is 1. The Morgan fingerprint density at radius 3 is 2.96 bits per heavy atom. The van der Waals surface area contributed by atoms with Gasteiger partial charge < -0.3 is 15.4 Å². The fraction of sp³-hybridized carbons (Fsp3) is 0.438. The van der Waals surface area contributed by atoms with Crippen LogP contribution in [0.5, 0.6) is 5.75 Å². The van der Waals surface area contributed by atoms with Crippen LogP contribution in [-0.2, 0) is 0 Å². The second-order valence-corrected chi connectivity index (χ2v) is 5.64. The van der Waals surface area contributed by atoms with Gasteiger partial charge in [-0.15, -0.1) is 12.4 Å². The van der Waals surface area contributed by atoms with Crippen LogP contribution in [0.4, 0.5) is 5.82 Å². The molecular weight excluding hydrogens is 330 g/mol. The van der Waals surface area contributed by atoms with E-state index < -0.39 is 0 Å². The third-order valence-corrected chi connectivity index (χ3v) is 3.94. The number of anilines is 1. The van der Waals surface area contributed by atoms with Crippen molar-refractivity contribution in [3.8, 4) is 5.75 Å². The van der Waals surface area contributed by atoms with E-state index in [0.717, 1.165) is 31.6 Å². The summed E-state index contributed by atoms with van der Waals surface area (Å²) in [5, 5.41) is 10.5. The molecule has 0 saturated carbocycles. The summed E-state index contributed by atoms with van der Waals surface area (Å²) < 4.78 is 7.09. The zero-order chi connectivity index (χ0) is 16.2. The number of hydrogen-bond donors (Lipinski definition) is 2. The lowest BCUT2D eigenvalue weighted by molar-refractivity contribution is 0.102. The highest BCUT2D eigenvalue weighted by Crippen LogP contribution is 2.22. The van der Waals surface area contributed by atoms with Gasteiger partial charge in [-0.3, -0.25) is 9.48 Å². The molecule has 0 aliphatic carbocycles. The average Bonchev–Trinajstić information content (AvgIpc) is 3.06. The maximum atomic E-state index is 12.4. The molecule has 1 saturated heterocycles. The summed E-state index contributed by atoms with van der Waals surface area (Å²) >= 11 is 0. The first kappa shape index (κ1) is 18.2. The highest BCUT2D eigenvalue weighted by molar-refractivity contribution is 6.02. The number of hydrogen-bond acceptors (Lipinski definition) is 5. The van der Waals surface area contributed by atoms with E-state index in [1.54, 1.807) is 19.2 Å². The number of pyridine rings is 1. The molecule has 7 nitrogen and oxygen atoms in total. The van der Waals surface area contributed by atoms with Gasteiger partial charge in [0, 0.05) is 18.4 Å². The Labute approximate surface area is 147 Å². The zero-order valence-electron chi connectivity index (χ0n) is 13.8. The SMILES string of the molecule is COc1ccc(C)nc1NC(=O)c1ccn(C2CCCNC2)n1.Cl. The smallest absolute Gasteiger partial charge is 0.277 e. The molecule has 1 aliphatic heterocycles. The average molecular weight is 352 g/mol. The molecular formula is C16H22ClN5O2. The summed E-state index contributed by atoms with van der Waals surface area (Å²) in [4.78, 5) is 16.7.